The number of nitrogens with zero attached hydrogens (tertiary/aromatic N) is 3. The number of aromatic nitrogens is 2. The Hall–Kier alpha value is -5.60. The van der Waals surface area contributed by atoms with Gasteiger partial charge in [0.15, 0.2) is 5.82 Å². The van der Waals surface area contributed by atoms with E-state index in [9.17, 15) is 14.7 Å². The number of hydrogen-bond acceptors (Lipinski definition) is 4. The highest BCUT2D eigenvalue weighted by atomic mass is 35.5. The lowest BCUT2D eigenvalue weighted by atomic mass is 9.77. The minimum absolute atomic E-state index is 0.133. The van der Waals surface area contributed by atoms with Gasteiger partial charge < -0.3 is 21.1 Å². The number of carbonyl (C=O) groups excluding carboxylic acids is 1. The van der Waals surface area contributed by atoms with Crippen LogP contribution in [0.2, 0.25) is 5.02 Å². The van der Waals surface area contributed by atoms with Crippen LogP contribution in [-0.4, -0.2) is 44.9 Å². The summed E-state index contributed by atoms with van der Waals surface area (Å²) in [6, 6.07) is 42.0. The first-order chi connectivity index (χ1) is 23.4. The van der Waals surface area contributed by atoms with E-state index in [1.54, 1.807) is 12.1 Å². The van der Waals surface area contributed by atoms with E-state index in [0.717, 1.165) is 33.3 Å². The number of anilines is 2. The fourth-order valence-corrected chi connectivity index (χ4v) is 7.19. The Balaban J connectivity index is 1.48. The predicted octanol–water partition coefficient (Wildman–Crippen LogP) is 8.11. The Morgan fingerprint density at radius 1 is 0.833 bits per heavy atom. The summed E-state index contributed by atoms with van der Waals surface area (Å²) in [6.45, 7) is 0.546. The second-order valence-corrected chi connectivity index (χ2v) is 12.5. The molecule has 4 N–H and O–H groups in total. The van der Waals surface area contributed by atoms with Gasteiger partial charge in [-0.15, -0.1) is 0 Å². The van der Waals surface area contributed by atoms with Crippen molar-refractivity contribution in [1.29, 1.82) is 0 Å². The summed E-state index contributed by atoms with van der Waals surface area (Å²) in [5.74, 6) is -0.400. The van der Waals surface area contributed by atoms with Crippen LogP contribution in [-0.2, 0) is 10.3 Å². The molecule has 240 valence electrons. The van der Waals surface area contributed by atoms with Crippen LogP contribution in [0.15, 0.2) is 127 Å². The smallest absolute Gasteiger partial charge is 0.407 e. The number of likely N-dealkylation sites (tertiary alicyclic amines) is 1. The third-order valence-electron chi connectivity index (χ3n) is 9.18. The molecule has 1 atom stereocenters. The number of benzene rings is 5. The van der Waals surface area contributed by atoms with E-state index in [0.29, 0.717) is 41.3 Å². The Bertz CT molecular complexity index is 2000. The van der Waals surface area contributed by atoms with E-state index in [1.807, 2.05) is 83.5 Å². The molecule has 2 amide bonds. The zero-order chi connectivity index (χ0) is 33.3. The first kappa shape index (κ1) is 31.0. The number of halogens is 1. The molecule has 9 heteroatoms. The third kappa shape index (κ3) is 5.54. The molecule has 1 fully saturated rings. The molecule has 1 aliphatic rings. The molecule has 1 aliphatic heterocycles. The van der Waals surface area contributed by atoms with E-state index in [-0.39, 0.29) is 12.5 Å². The van der Waals surface area contributed by atoms with Crippen molar-refractivity contribution in [3.05, 3.63) is 149 Å². The first-order valence-electron chi connectivity index (χ1n) is 15.9. The zero-order valence-corrected chi connectivity index (χ0v) is 26.8. The molecule has 0 aliphatic carbocycles. The van der Waals surface area contributed by atoms with Crippen LogP contribution in [0.4, 0.5) is 16.3 Å². The van der Waals surface area contributed by atoms with Crippen LogP contribution in [0, 0.1) is 5.92 Å². The fourth-order valence-electron chi connectivity index (χ4n) is 6.89. The Morgan fingerprint density at radius 3 is 2.00 bits per heavy atom. The van der Waals surface area contributed by atoms with Gasteiger partial charge in [-0.05, 0) is 59.4 Å². The normalized spacial score (nSPS) is 14.9. The lowest BCUT2D eigenvalue weighted by molar-refractivity contribution is -0.121. The number of fused-ring (bicyclic) bond motifs is 1. The van der Waals surface area contributed by atoms with E-state index in [2.05, 4.69) is 41.7 Å². The summed E-state index contributed by atoms with van der Waals surface area (Å²) in [6.07, 6.45) is 0.173. The maximum absolute atomic E-state index is 13.9. The van der Waals surface area contributed by atoms with Gasteiger partial charge in [-0.25, -0.2) is 9.48 Å². The average molecular weight is 656 g/mol. The van der Waals surface area contributed by atoms with E-state index in [1.165, 1.54) is 4.90 Å². The molecule has 0 saturated carbocycles. The highest BCUT2D eigenvalue weighted by molar-refractivity contribution is 6.33. The molecule has 0 bridgehead atoms. The van der Waals surface area contributed by atoms with Gasteiger partial charge in [0, 0.05) is 29.7 Å². The zero-order valence-electron chi connectivity index (χ0n) is 26.1. The molecule has 2 heterocycles. The lowest BCUT2D eigenvalue weighted by Crippen LogP contribution is -2.43. The highest BCUT2D eigenvalue weighted by Gasteiger charge is 2.41. The molecule has 5 aromatic carbocycles. The Morgan fingerprint density at radius 2 is 1.44 bits per heavy atom. The number of amides is 2. The molecule has 7 rings (SSSR count). The predicted molar refractivity (Wildman–Crippen MR) is 190 cm³/mol. The minimum atomic E-state index is -1.02. The van der Waals surface area contributed by atoms with Crippen LogP contribution in [0.5, 0.6) is 0 Å². The van der Waals surface area contributed by atoms with Crippen molar-refractivity contribution in [2.75, 3.05) is 24.1 Å². The molecule has 0 spiro atoms. The standard InChI is InChI=1S/C39H34ClN5O3/c40-34-24-31(41)19-20-32(34)26-18-21-35-33(23-26)36(42-37(46)27-11-10-22-44(25-27)38(47)48)43-45(35)39(28-12-4-1-5-13-28,29-14-6-2-7-15-29)30-16-8-3-9-17-30/h1-9,12-21,23-24,27H,10-11,22,25,41H2,(H,47,48)(H,42,43,46)/t27-/m0/s1. The maximum Gasteiger partial charge on any atom is 0.407 e. The third-order valence-corrected chi connectivity index (χ3v) is 9.49. The summed E-state index contributed by atoms with van der Waals surface area (Å²) >= 11 is 6.67. The van der Waals surface area contributed by atoms with E-state index >= 15 is 0 Å². The van der Waals surface area contributed by atoms with E-state index < -0.39 is 17.6 Å². The second-order valence-electron chi connectivity index (χ2n) is 12.1. The van der Waals surface area contributed by atoms with Gasteiger partial charge in [-0.2, -0.15) is 5.10 Å². The van der Waals surface area contributed by atoms with E-state index in [4.69, 9.17) is 22.4 Å². The summed E-state index contributed by atoms with van der Waals surface area (Å²) < 4.78 is 2.00. The fraction of sp³-hybridized carbons (Fsp3) is 0.154. The summed E-state index contributed by atoms with van der Waals surface area (Å²) in [5.41, 5.74) is 11.0. The largest absolute Gasteiger partial charge is 0.465 e. The summed E-state index contributed by atoms with van der Waals surface area (Å²) in [5, 5.41) is 19.2. The first-order valence-corrected chi connectivity index (χ1v) is 16.3. The Labute approximate surface area is 283 Å². The Kier molecular flexibility index (Phi) is 8.33. The summed E-state index contributed by atoms with van der Waals surface area (Å²) in [4.78, 5) is 26.9. The van der Waals surface area contributed by atoms with Crippen molar-refractivity contribution < 1.29 is 14.7 Å². The number of carboxylic acid groups (broad SMARTS) is 1. The van der Waals surface area contributed by atoms with Crippen molar-refractivity contribution in [2.45, 2.75) is 18.4 Å². The molecule has 48 heavy (non-hydrogen) atoms. The van der Waals surface area contributed by atoms with Crippen molar-refractivity contribution in [3.63, 3.8) is 0 Å². The number of nitrogen functional groups attached to an aromatic ring is 1. The number of hydrogen-bond donors (Lipinski definition) is 3. The van der Waals surface area contributed by atoms with Gasteiger partial charge in [-0.3, -0.25) is 4.79 Å². The highest BCUT2D eigenvalue weighted by Crippen LogP contribution is 2.44. The van der Waals surface area contributed by atoms with Crippen molar-refractivity contribution in [1.82, 2.24) is 14.7 Å². The number of carbonyl (C=O) groups is 2. The topological polar surface area (TPSA) is 113 Å². The molecular weight excluding hydrogens is 622 g/mol. The number of rotatable bonds is 7. The molecular formula is C39H34ClN5O3. The second kappa shape index (κ2) is 12.9. The SMILES string of the molecule is Nc1ccc(-c2ccc3c(c2)c(NC(=O)[C@H]2CCCN(C(=O)O)C2)nn3C(c2ccccc2)(c2ccccc2)c2ccccc2)c(Cl)c1. The summed E-state index contributed by atoms with van der Waals surface area (Å²) in [7, 11) is 0. The number of nitrogens with one attached hydrogen (secondary N) is 1. The van der Waals surface area contributed by atoms with Crippen LogP contribution < -0.4 is 11.1 Å². The van der Waals surface area contributed by atoms with Crippen LogP contribution in [0.25, 0.3) is 22.0 Å². The van der Waals surface area contributed by atoms with Crippen LogP contribution in [0.3, 0.4) is 0 Å². The van der Waals surface area contributed by atoms with Gasteiger partial charge in [-0.1, -0.05) is 115 Å². The van der Waals surface area contributed by atoms with Crippen LogP contribution >= 0.6 is 11.6 Å². The van der Waals surface area contributed by atoms with Crippen LogP contribution in [0.1, 0.15) is 29.5 Å². The molecule has 8 nitrogen and oxygen atoms in total. The van der Waals surface area contributed by atoms with Gasteiger partial charge in [0.1, 0.15) is 5.54 Å². The lowest BCUT2D eigenvalue weighted by Gasteiger charge is -2.37. The van der Waals surface area contributed by atoms with Gasteiger partial charge in [0.2, 0.25) is 5.91 Å². The quantitative estimate of drug-likeness (QED) is 0.119. The minimum Gasteiger partial charge on any atom is -0.465 e. The molecule has 0 unspecified atom stereocenters. The maximum atomic E-state index is 13.9. The number of piperidine rings is 1. The average Bonchev–Trinajstić information content (AvgIpc) is 3.47. The van der Waals surface area contributed by atoms with Gasteiger partial charge in [0.25, 0.3) is 0 Å². The van der Waals surface area contributed by atoms with Gasteiger partial charge >= 0.3 is 6.09 Å². The monoisotopic (exact) mass is 655 g/mol. The van der Waals surface area contributed by atoms with Crippen molar-refractivity contribution in [2.24, 2.45) is 5.92 Å². The molecule has 6 aromatic rings. The molecule has 0 radical (unpaired) electrons. The van der Waals surface area contributed by atoms with Crippen molar-refractivity contribution >= 4 is 46.0 Å². The van der Waals surface area contributed by atoms with Crippen molar-refractivity contribution in [3.8, 4) is 11.1 Å². The molecule has 1 saturated heterocycles. The molecule has 1 aromatic heterocycles. The van der Waals surface area contributed by atoms with Gasteiger partial charge in [0.05, 0.1) is 16.5 Å². The number of nitrogens with two attached hydrogens (primary N) is 1.